The third-order valence-corrected chi connectivity index (χ3v) is 2.83. The average Bonchev–Trinajstić information content (AvgIpc) is 3.08. The molecule has 5 N–H and O–H groups in total. The zero-order valence-corrected chi connectivity index (χ0v) is 11.0. The van der Waals surface area contributed by atoms with E-state index in [1.54, 1.807) is 12.4 Å². The van der Waals surface area contributed by atoms with Crippen LogP contribution in [0.25, 0.3) is 0 Å². The molecule has 0 aliphatic rings. The van der Waals surface area contributed by atoms with Gasteiger partial charge in [0.05, 0.1) is 13.1 Å². The van der Waals surface area contributed by atoms with E-state index in [2.05, 4.69) is 30.2 Å². The van der Waals surface area contributed by atoms with Crippen LogP contribution in [0.2, 0.25) is 0 Å². The van der Waals surface area contributed by atoms with E-state index in [4.69, 9.17) is 5.73 Å². The number of aromatic amines is 2. The van der Waals surface area contributed by atoms with Crippen LogP contribution in [-0.2, 0) is 13.1 Å². The van der Waals surface area contributed by atoms with Crippen LogP contribution in [0, 0.1) is 0 Å². The van der Waals surface area contributed by atoms with Gasteiger partial charge in [0, 0.05) is 51.0 Å². The molecule has 19 heavy (non-hydrogen) atoms. The zero-order valence-electron chi connectivity index (χ0n) is 11.0. The van der Waals surface area contributed by atoms with Gasteiger partial charge in [0.2, 0.25) is 0 Å². The van der Waals surface area contributed by atoms with Gasteiger partial charge in [0.25, 0.3) is 0 Å². The molecular weight excluding hydrogens is 242 g/mol. The van der Waals surface area contributed by atoms with Crippen LogP contribution in [0.4, 0.5) is 0 Å². The Morgan fingerprint density at radius 1 is 1.11 bits per heavy atom. The third-order valence-electron chi connectivity index (χ3n) is 2.83. The van der Waals surface area contributed by atoms with Crippen molar-refractivity contribution in [2.24, 2.45) is 5.73 Å². The lowest BCUT2D eigenvalue weighted by molar-refractivity contribution is 0.266. The predicted octanol–water partition coefficient (Wildman–Crippen LogP) is -0.317. The number of imidazole rings is 2. The Kier molecular flexibility index (Phi) is 5.54. The van der Waals surface area contributed by atoms with E-state index in [-0.39, 0.29) is 0 Å². The van der Waals surface area contributed by atoms with Crippen LogP contribution in [0.3, 0.4) is 0 Å². The van der Waals surface area contributed by atoms with Crippen molar-refractivity contribution in [3.63, 3.8) is 0 Å². The minimum absolute atomic E-state index is 0.652. The summed E-state index contributed by atoms with van der Waals surface area (Å²) in [5.74, 6) is 1.93. The summed E-state index contributed by atoms with van der Waals surface area (Å²) in [5.41, 5.74) is 5.63. The summed E-state index contributed by atoms with van der Waals surface area (Å²) < 4.78 is 0. The maximum absolute atomic E-state index is 5.63. The van der Waals surface area contributed by atoms with Crippen molar-refractivity contribution in [2.45, 2.75) is 13.1 Å². The molecular formula is C12H21N7. The van der Waals surface area contributed by atoms with E-state index in [1.807, 2.05) is 12.4 Å². The van der Waals surface area contributed by atoms with Crippen molar-refractivity contribution in [2.75, 3.05) is 26.2 Å². The summed E-state index contributed by atoms with van der Waals surface area (Å²) in [7, 11) is 0. The number of nitrogens with zero attached hydrogens (tertiary/aromatic N) is 3. The van der Waals surface area contributed by atoms with Gasteiger partial charge in [-0.15, -0.1) is 0 Å². The van der Waals surface area contributed by atoms with Gasteiger partial charge in [-0.05, 0) is 0 Å². The fourth-order valence-corrected chi connectivity index (χ4v) is 1.89. The van der Waals surface area contributed by atoms with Gasteiger partial charge in [-0.2, -0.15) is 0 Å². The zero-order chi connectivity index (χ0) is 13.3. The lowest BCUT2D eigenvalue weighted by Crippen LogP contribution is -2.35. The van der Waals surface area contributed by atoms with Crippen LogP contribution in [0.15, 0.2) is 24.8 Å². The van der Waals surface area contributed by atoms with Crippen molar-refractivity contribution in [1.29, 1.82) is 0 Å². The monoisotopic (exact) mass is 263 g/mol. The molecule has 0 atom stereocenters. The second-order valence-corrected chi connectivity index (χ2v) is 4.31. The van der Waals surface area contributed by atoms with Crippen LogP contribution >= 0.6 is 0 Å². The molecule has 0 spiro atoms. The molecule has 0 saturated carbocycles. The fraction of sp³-hybridized carbons (Fsp3) is 0.500. The minimum atomic E-state index is 0.652. The summed E-state index contributed by atoms with van der Waals surface area (Å²) in [6, 6.07) is 0. The molecule has 0 unspecified atom stereocenters. The number of nitrogens with two attached hydrogens (primary N) is 1. The van der Waals surface area contributed by atoms with E-state index >= 15 is 0 Å². The van der Waals surface area contributed by atoms with Crippen molar-refractivity contribution >= 4 is 0 Å². The van der Waals surface area contributed by atoms with Crippen LogP contribution in [-0.4, -0.2) is 51.0 Å². The highest BCUT2D eigenvalue weighted by molar-refractivity contribution is 4.88. The van der Waals surface area contributed by atoms with Gasteiger partial charge in [-0.25, -0.2) is 9.97 Å². The van der Waals surface area contributed by atoms with Crippen LogP contribution in [0.1, 0.15) is 11.6 Å². The molecule has 0 amide bonds. The van der Waals surface area contributed by atoms with E-state index in [0.717, 1.165) is 44.4 Å². The highest BCUT2D eigenvalue weighted by Gasteiger charge is 2.06. The highest BCUT2D eigenvalue weighted by atomic mass is 15.2. The Morgan fingerprint density at radius 3 is 2.47 bits per heavy atom. The summed E-state index contributed by atoms with van der Waals surface area (Å²) in [5, 5.41) is 3.35. The molecule has 2 rings (SSSR count). The first kappa shape index (κ1) is 13.7. The Morgan fingerprint density at radius 2 is 1.84 bits per heavy atom. The molecule has 0 aromatic carbocycles. The lowest BCUT2D eigenvalue weighted by atomic mass is 10.4. The largest absolute Gasteiger partial charge is 0.348 e. The van der Waals surface area contributed by atoms with Crippen LogP contribution < -0.4 is 11.1 Å². The van der Waals surface area contributed by atoms with Gasteiger partial charge >= 0.3 is 0 Å². The number of hydrogen-bond donors (Lipinski definition) is 4. The molecule has 7 heteroatoms. The van der Waals surface area contributed by atoms with E-state index in [0.29, 0.717) is 6.54 Å². The lowest BCUT2D eigenvalue weighted by Gasteiger charge is -2.20. The highest BCUT2D eigenvalue weighted by Crippen LogP contribution is 1.97. The van der Waals surface area contributed by atoms with Crippen molar-refractivity contribution in [3.05, 3.63) is 36.4 Å². The van der Waals surface area contributed by atoms with Gasteiger partial charge in [0.1, 0.15) is 11.6 Å². The predicted molar refractivity (Wildman–Crippen MR) is 73.2 cm³/mol. The summed E-state index contributed by atoms with van der Waals surface area (Å²) >= 11 is 0. The van der Waals surface area contributed by atoms with Gasteiger partial charge < -0.3 is 21.0 Å². The molecule has 0 radical (unpaired) electrons. The van der Waals surface area contributed by atoms with E-state index in [1.165, 1.54) is 0 Å². The first-order chi connectivity index (χ1) is 9.38. The van der Waals surface area contributed by atoms with E-state index in [9.17, 15) is 0 Å². The third kappa shape index (κ3) is 4.82. The Bertz CT molecular complexity index is 423. The number of nitrogens with one attached hydrogen (secondary N) is 3. The Labute approximate surface area is 112 Å². The Balaban J connectivity index is 1.68. The number of rotatable bonds is 9. The molecule has 0 bridgehead atoms. The fourth-order valence-electron chi connectivity index (χ4n) is 1.89. The first-order valence-electron chi connectivity index (χ1n) is 6.48. The van der Waals surface area contributed by atoms with Crippen molar-refractivity contribution in [1.82, 2.24) is 30.2 Å². The van der Waals surface area contributed by atoms with Gasteiger partial charge in [0.15, 0.2) is 0 Å². The second kappa shape index (κ2) is 7.67. The minimum Gasteiger partial charge on any atom is -0.348 e. The molecule has 2 heterocycles. The molecule has 7 nitrogen and oxygen atoms in total. The molecule has 2 aromatic rings. The standard InChI is InChI=1S/C12H21N7/c13-1-7-19(10-12-17-4-5-18-12)8-6-14-9-11-15-2-3-16-11/h2-5,14H,1,6-10,13H2,(H,15,16)(H,17,18). The first-order valence-corrected chi connectivity index (χ1v) is 6.48. The average molecular weight is 263 g/mol. The second-order valence-electron chi connectivity index (χ2n) is 4.31. The smallest absolute Gasteiger partial charge is 0.120 e. The maximum atomic E-state index is 5.63. The molecule has 0 fully saturated rings. The molecule has 0 aliphatic heterocycles. The molecule has 0 aliphatic carbocycles. The summed E-state index contributed by atoms with van der Waals surface area (Å²) in [4.78, 5) is 16.8. The number of hydrogen-bond acceptors (Lipinski definition) is 5. The molecule has 0 saturated heterocycles. The SMILES string of the molecule is NCCN(CCNCc1ncc[nH]1)Cc1ncc[nH]1. The van der Waals surface area contributed by atoms with Gasteiger partial charge in [-0.1, -0.05) is 0 Å². The topological polar surface area (TPSA) is 98.7 Å². The van der Waals surface area contributed by atoms with Crippen molar-refractivity contribution in [3.8, 4) is 0 Å². The molecule has 2 aromatic heterocycles. The summed E-state index contributed by atoms with van der Waals surface area (Å²) in [6.07, 6.45) is 7.19. The van der Waals surface area contributed by atoms with Crippen molar-refractivity contribution < 1.29 is 0 Å². The summed E-state index contributed by atoms with van der Waals surface area (Å²) in [6.45, 7) is 4.89. The normalized spacial score (nSPS) is 11.3. The maximum Gasteiger partial charge on any atom is 0.120 e. The molecule has 104 valence electrons. The quantitative estimate of drug-likeness (QED) is 0.465. The van der Waals surface area contributed by atoms with Crippen LogP contribution in [0.5, 0.6) is 0 Å². The van der Waals surface area contributed by atoms with E-state index < -0.39 is 0 Å². The number of H-pyrrole nitrogens is 2. The Hall–Kier alpha value is -1.70. The number of aromatic nitrogens is 4. The van der Waals surface area contributed by atoms with Gasteiger partial charge in [-0.3, -0.25) is 4.90 Å².